The van der Waals surface area contributed by atoms with E-state index in [1.807, 2.05) is 0 Å². The number of aliphatic hydroxyl groups is 1. The number of amides is 1. The number of aliphatic hydroxyl groups excluding tert-OH is 1. The summed E-state index contributed by atoms with van der Waals surface area (Å²) in [5, 5.41) is 21.7. The number of nitrogens with one attached hydrogen (secondary N) is 1. The first kappa shape index (κ1) is 13.8. The molecule has 0 aromatic heterocycles. The Balaban J connectivity index is 1.74. The summed E-state index contributed by atoms with van der Waals surface area (Å²) in [4.78, 5) is 14.0. The van der Waals surface area contributed by atoms with Gasteiger partial charge >= 0.3 is 0 Å². The summed E-state index contributed by atoms with van der Waals surface area (Å²) in [6.07, 6.45) is 1.42. The highest BCUT2D eigenvalue weighted by Crippen LogP contribution is 2.15. The van der Waals surface area contributed by atoms with Crippen molar-refractivity contribution in [3.63, 3.8) is 0 Å². The molecule has 1 fully saturated rings. The average Bonchev–Trinajstić information content (AvgIpc) is 2.41. The highest BCUT2D eigenvalue weighted by Gasteiger charge is 2.16. The van der Waals surface area contributed by atoms with Crippen LogP contribution in [-0.4, -0.2) is 53.3 Å². The van der Waals surface area contributed by atoms with Crippen LogP contribution in [0.2, 0.25) is 0 Å². The molecule has 1 saturated heterocycles. The number of rotatable bonds is 4. The Bertz CT molecular complexity index is 428. The van der Waals surface area contributed by atoms with Gasteiger partial charge in [-0.2, -0.15) is 0 Å². The third-order valence-corrected chi connectivity index (χ3v) is 3.42. The zero-order valence-corrected chi connectivity index (χ0v) is 10.9. The maximum atomic E-state index is 11.8. The predicted molar refractivity (Wildman–Crippen MR) is 72.1 cm³/mol. The van der Waals surface area contributed by atoms with E-state index >= 15 is 0 Å². The molecule has 5 heteroatoms. The first-order valence-corrected chi connectivity index (χ1v) is 6.63. The zero-order valence-electron chi connectivity index (χ0n) is 10.9. The predicted octanol–water partition coefficient (Wildman–Crippen LogP) is 0.579. The van der Waals surface area contributed by atoms with Crippen molar-refractivity contribution in [1.29, 1.82) is 0 Å². The van der Waals surface area contributed by atoms with Crippen molar-refractivity contribution in [1.82, 2.24) is 10.2 Å². The summed E-state index contributed by atoms with van der Waals surface area (Å²) < 4.78 is 0. The van der Waals surface area contributed by atoms with Gasteiger partial charge in [-0.15, -0.1) is 0 Å². The van der Waals surface area contributed by atoms with Gasteiger partial charge in [0.05, 0.1) is 11.7 Å². The smallest absolute Gasteiger partial charge is 0.255 e. The van der Waals surface area contributed by atoms with Gasteiger partial charge in [0, 0.05) is 26.2 Å². The van der Waals surface area contributed by atoms with Gasteiger partial charge in [-0.1, -0.05) is 12.1 Å². The molecule has 0 saturated carbocycles. The number of phenols is 1. The van der Waals surface area contributed by atoms with E-state index in [0.29, 0.717) is 12.1 Å². The summed E-state index contributed by atoms with van der Waals surface area (Å²) >= 11 is 0. The summed E-state index contributed by atoms with van der Waals surface area (Å²) in [7, 11) is 0. The Labute approximate surface area is 112 Å². The van der Waals surface area contributed by atoms with Crippen LogP contribution >= 0.6 is 0 Å². The molecule has 0 aliphatic carbocycles. The molecular weight excluding hydrogens is 244 g/mol. The number of aromatic hydroxyl groups is 1. The van der Waals surface area contributed by atoms with Gasteiger partial charge in [0.15, 0.2) is 0 Å². The number of nitrogens with zero attached hydrogens (tertiary/aromatic N) is 1. The molecule has 1 aliphatic rings. The first-order chi connectivity index (χ1) is 9.16. The fraction of sp³-hybridized carbons (Fsp3) is 0.500. The standard InChI is InChI=1S/C14H20N2O3/c17-11-5-8-16(9-6-11)10-7-15-14(19)12-3-1-2-4-13(12)18/h1-4,11,17-18H,5-10H2,(H,15,19). The minimum atomic E-state index is -0.254. The highest BCUT2D eigenvalue weighted by atomic mass is 16.3. The van der Waals surface area contributed by atoms with Crippen molar-refractivity contribution in [3.8, 4) is 5.75 Å². The van der Waals surface area contributed by atoms with Gasteiger partial charge in [-0.3, -0.25) is 4.79 Å². The van der Waals surface area contributed by atoms with Crippen LogP contribution in [0.3, 0.4) is 0 Å². The van der Waals surface area contributed by atoms with E-state index in [-0.39, 0.29) is 17.8 Å². The van der Waals surface area contributed by atoms with E-state index < -0.39 is 0 Å². The fourth-order valence-corrected chi connectivity index (χ4v) is 2.23. The van der Waals surface area contributed by atoms with Crippen LogP contribution in [0.4, 0.5) is 0 Å². The molecule has 2 rings (SSSR count). The normalized spacial score (nSPS) is 17.3. The Morgan fingerprint density at radius 1 is 1.32 bits per heavy atom. The molecule has 1 heterocycles. The molecule has 0 radical (unpaired) electrons. The van der Waals surface area contributed by atoms with E-state index in [9.17, 15) is 15.0 Å². The lowest BCUT2D eigenvalue weighted by atomic mass is 10.1. The molecule has 1 aliphatic heterocycles. The van der Waals surface area contributed by atoms with E-state index in [0.717, 1.165) is 32.5 Å². The lowest BCUT2D eigenvalue weighted by molar-refractivity contribution is 0.0804. The second-order valence-corrected chi connectivity index (χ2v) is 4.85. The topological polar surface area (TPSA) is 72.8 Å². The lowest BCUT2D eigenvalue weighted by Crippen LogP contribution is -2.40. The van der Waals surface area contributed by atoms with Crippen molar-refractivity contribution >= 4 is 5.91 Å². The third-order valence-electron chi connectivity index (χ3n) is 3.42. The first-order valence-electron chi connectivity index (χ1n) is 6.63. The van der Waals surface area contributed by atoms with Crippen LogP contribution in [0, 0.1) is 0 Å². The summed E-state index contributed by atoms with van der Waals surface area (Å²) in [5.41, 5.74) is 0.302. The summed E-state index contributed by atoms with van der Waals surface area (Å²) in [5.74, 6) is -0.253. The number of likely N-dealkylation sites (tertiary alicyclic amines) is 1. The van der Waals surface area contributed by atoms with Crippen molar-refractivity contribution < 1.29 is 15.0 Å². The van der Waals surface area contributed by atoms with Crippen LogP contribution < -0.4 is 5.32 Å². The highest BCUT2D eigenvalue weighted by molar-refractivity contribution is 5.96. The van der Waals surface area contributed by atoms with Crippen LogP contribution in [0.15, 0.2) is 24.3 Å². The second-order valence-electron chi connectivity index (χ2n) is 4.85. The maximum Gasteiger partial charge on any atom is 0.255 e. The Morgan fingerprint density at radius 2 is 2.00 bits per heavy atom. The fourth-order valence-electron chi connectivity index (χ4n) is 2.23. The number of benzene rings is 1. The second kappa shape index (κ2) is 6.54. The van der Waals surface area contributed by atoms with Gasteiger partial charge in [-0.05, 0) is 25.0 Å². The van der Waals surface area contributed by atoms with E-state index in [1.165, 1.54) is 6.07 Å². The van der Waals surface area contributed by atoms with E-state index in [4.69, 9.17) is 0 Å². The monoisotopic (exact) mass is 264 g/mol. The molecule has 0 atom stereocenters. The molecule has 104 valence electrons. The van der Waals surface area contributed by atoms with Gasteiger partial charge in [0.25, 0.3) is 5.91 Å². The van der Waals surface area contributed by atoms with Gasteiger partial charge < -0.3 is 20.4 Å². The van der Waals surface area contributed by atoms with E-state index in [1.54, 1.807) is 18.2 Å². The van der Waals surface area contributed by atoms with Crippen LogP contribution in [-0.2, 0) is 0 Å². The van der Waals surface area contributed by atoms with Crippen LogP contribution in [0.1, 0.15) is 23.2 Å². The largest absolute Gasteiger partial charge is 0.507 e. The van der Waals surface area contributed by atoms with Crippen LogP contribution in [0.25, 0.3) is 0 Å². The number of para-hydroxylation sites is 1. The summed E-state index contributed by atoms with van der Waals surface area (Å²) in [6, 6.07) is 6.51. The molecule has 1 amide bonds. The zero-order chi connectivity index (χ0) is 13.7. The molecule has 1 aromatic rings. The minimum Gasteiger partial charge on any atom is -0.507 e. The van der Waals surface area contributed by atoms with E-state index in [2.05, 4.69) is 10.2 Å². The Hall–Kier alpha value is -1.59. The average molecular weight is 264 g/mol. The molecular formula is C14H20N2O3. The molecule has 5 nitrogen and oxygen atoms in total. The molecule has 0 unspecified atom stereocenters. The van der Waals surface area contributed by atoms with Crippen molar-refractivity contribution in [2.45, 2.75) is 18.9 Å². The van der Waals surface area contributed by atoms with Crippen LogP contribution in [0.5, 0.6) is 5.75 Å². The Kier molecular flexibility index (Phi) is 4.76. The van der Waals surface area contributed by atoms with Gasteiger partial charge in [0.1, 0.15) is 5.75 Å². The Morgan fingerprint density at radius 3 is 2.68 bits per heavy atom. The lowest BCUT2D eigenvalue weighted by Gasteiger charge is -2.29. The minimum absolute atomic E-state index is 0.00101. The number of phenolic OH excluding ortho intramolecular Hbond substituents is 1. The number of hydrogen-bond donors (Lipinski definition) is 3. The SMILES string of the molecule is O=C(NCCN1CCC(O)CC1)c1ccccc1O. The number of piperidine rings is 1. The van der Waals surface area contributed by atoms with Crippen molar-refractivity contribution in [3.05, 3.63) is 29.8 Å². The summed E-state index contributed by atoms with van der Waals surface area (Å²) in [6.45, 7) is 3.05. The molecule has 1 aromatic carbocycles. The molecule has 0 spiro atoms. The molecule has 3 N–H and O–H groups in total. The molecule has 0 bridgehead atoms. The van der Waals surface area contributed by atoms with Crippen molar-refractivity contribution in [2.75, 3.05) is 26.2 Å². The number of carbonyl (C=O) groups is 1. The van der Waals surface area contributed by atoms with Gasteiger partial charge in [0.2, 0.25) is 0 Å². The third kappa shape index (κ3) is 3.94. The maximum absolute atomic E-state index is 11.8. The number of carbonyl (C=O) groups excluding carboxylic acids is 1. The van der Waals surface area contributed by atoms with Gasteiger partial charge in [-0.25, -0.2) is 0 Å². The quantitative estimate of drug-likeness (QED) is 0.744. The molecule has 19 heavy (non-hydrogen) atoms. The van der Waals surface area contributed by atoms with Crippen molar-refractivity contribution in [2.24, 2.45) is 0 Å². The number of hydrogen-bond acceptors (Lipinski definition) is 4.